The number of anilines is 2. The van der Waals surface area contributed by atoms with E-state index in [0.717, 1.165) is 27.5 Å². The lowest BCUT2D eigenvalue weighted by atomic mass is 10.1. The predicted molar refractivity (Wildman–Crippen MR) is 133 cm³/mol. The third kappa shape index (κ3) is 4.50. The normalized spacial score (nSPS) is 12.8. The van der Waals surface area contributed by atoms with Crippen molar-refractivity contribution < 1.29 is 14.3 Å². The molecule has 34 heavy (non-hydrogen) atoms. The van der Waals surface area contributed by atoms with E-state index in [1.807, 2.05) is 42.6 Å². The number of nitrogens with zero attached hydrogens (tertiary/aromatic N) is 3. The Kier molecular flexibility index (Phi) is 6.00. The molecule has 4 aromatic rings. The highest BCUT2D eigenvalue weighted by molar-refractivity contribution is 7.13. The smallest absolute Gasteiger partial charge is 0.265 e. The van der Waals surface area contributed by atoms with E-state index >= 15 is 0 Å². The maximum atomic E-state index is 12.8. The molecule has 5 rings (SSSR count). The summed E-state index contributed by atoms with van der Waals surface area (Å²) in [7, 11) is 0. The van der Waals surface area contributed by atoms with Crippen LogP contribution in [0.25, 0.3) is 22.0 Å². The van der Waals surface area contributed by atoms with E-state index in [4.69, 9.17) is 21.3 Å². The molecular formula is C25H19ClN4O3S. The SMILES string of the molecule is Cc1cc(Cl)ccc1NC(=O)CN1C(=O)COc2ccc(-c3csc(-c4ccccn4)n3)cc21. The second-order valence-electron chi connectivity index (χ2n) is 7.71. The van der Waals surface area contributed by atoms with Crippen LogP contribution in [0.5, 0.6) is 5.75 Å². The summed E-state index contributed by atoms with van der Waals surface area (Å²) in [6.45, 7) is 1.59. The van der Waals surface area contributed by atoms with Gasteiger partial charge in [0, 0.05) is 27.9 Å². The van der Waals surface area contributed by atoms with Crippen LogP contribution in [-0.2, 0) is 9.59 Å². The Hall–Kier alpha value is -3.75. The number of fused-ring (bicyclic) bond motifs is 1. The highest BCUT2D eigenvalue weighted by Crippen LogP contribution is 2.37. The maximum absolute atomic E-state index is 12.8. The predicted octanol–water partition coefficient (Wildman–Crippen LogP) is 5.20. The molecule has 0 saturated heterocycles. The van der Waals surface area contributed by atoms with Gasteiger partial charge in [0.25, 0.3) is 5.91 Å². The average molecular weight is 491 g/mol. The minimum atomic E-state index is -0.317. The van der Waals surface area contributed by atoms with Gasteiger partial charge in [-0.15, -0.1) is 11.3 Å². The number of rotatable bonds is 5. The van der Waals surface area contributed by atoms with E-state index in [-0.39, 0.29) is 25.0 Å². The third-order valence-electron chi connectivity index (χ3n) is 5.35. The van der Waals surface area contributed by atoms with Crippen LogP contribution in [0.4, 0.5) is 11.4 Å². The van der Waals surface area contributed by atoms with Gasteiger partial charge in [-0.2, -0.15) is 0 Å². The molecule has 0 radical (unpaired) electrons. The quantitative estimate of drug-likeness (QED) is 0.415. The first-order valence-corrected chi connectivity index (χ1v) is 11.7. The average Bonchev–Trinajstić information content (AvgIpc) is 3.33. The molecular weight excluding hydrogens is 472 g/mol. The van der Waals surface area contributed by atoms with Crippen molar-refractivity contribution in [2.45, 2.75) is 6.92 Å². The van der Waals surface area contributed by atoms with Crippen molar-refractivity contribution in [3.8, 4) is 27.7 Å². The van der Waals surface area contributed by atoms with Gasteiger partial charge in [0.2, 0.25) is 5.91 Å². The molecule has 0 atom stereocenters. The number of benzene rings is 2. The van der Waals surface area contributed by atoms with Gasteiger partial charge in [0.15, 0.2) is 6.61 Å². The number of carbonyl (C=O) groups is 2. The number of ether oxygens (including phenoxy) is 1. The van der Waals surface area contributed by atoms with Crippen LogP contribution >= 0.6 is 22.9 Å². The second-order valence-corrected chi connectivity index (χ2v) is 9.01. The Bertz CT molecular complexity index is 1390. The lowest BCUT2D eigenvalue weighted by molar-refractivity contribution is -0.123. The Balaban J connectivity index is 1.40. The molecule has 2 amide bonds. The van der Waals surface area contributed by atoms with Crippen molar-refractivity contribution in [2.75, 3.05) is 23.4 Å². The highest BCUT2D eigenvalue weighted by atomic mass is 35.5. The number of hydrogen-bond donors (Lipinski definition) is 1. The van der Waals surface area contributed by atoms with E-state index < -0.39 is 0 Å². The van der Waals surface area contributed by atoms with Gasteiger partial charge in [-0.3, -0.25) is 19.5 Å². The lowest BCUT2D eigenvalue weighted by Gasteiger charge is -2.29. The van der Waals surface area contributed by atoms with E-state index in [1.54, 1.807) is 30.5 Å². The molecule has 2 aromatic carbocycles. The number of halogens is 1. The molecule has 170 valence electrons. The first-order valence-electron chi connectivity index (χ1n) is 10.5. The van der Waals surface area contributed by atoms with E-state index in [0.29, 0.717) is 22.1 Å². The summed E-state index contributed by atoms with van der Waals surface area (Å²) in [5.74, 6) is -0.0674. The monoisotopic (exact) mass is 490 g/mol. The molecule has 0 fully saturated rings. The molecule has 0 unspecified atom stereocenters. The Labute approximate surface area is 205 Å². The molecule has 9 heteroatoms. The molecule has 0 spiro atoms. The minimum absolute atomic E-state index is 0.125. The van der Waals surface area contributed by atoms with Crippen LogP contribution in [0.2, 0.25) is 5.02 Å². The number of thiazole rings is 1. The molecule has 2 aromatic heterocycles. The fourth-order valence-corrected chi connectivity index (χ4v) is 4.68. The van der Waals surface area contributed by atoms with Crippen LogP contribution in [0.3, 0.4) is 0 Å². The van der Waals surface area contributed by atoms with Crippen molar-refractivity contribution in [3.63, 3.8) is 0 Å². The lowest BCUT2D eigenvalue weighted by Crippen LogP contribution is -2.43. The fourth-order valence-electron chi connectivity index (χ4n) is 3.65. The summed E-state index contributed by atoms with van der Waals surface area (Å²) in [4.78, 5) is 36.0. The number of amides is 2. The van der Waals surface area contributed by atoms with Gasteiger partial charge >= 0.3 is 0 Å². The molecule has 1 aliphatic heterocycles. The van der Waals surface area contributed by atoms with E-state index in [2.05, 4.69) is 10.3 Å². The zero-order chi connectivity index (χ0) is 23.7. The Morgan fingerprint density at radius 1 is 1.18 bits per heavy atom. The first-order chi connectivity index (χ1) is 16.5. The van der Waals surface area contributed by atoms with Crippen LogP contribution in [0, 0.1) is 6.92 Å². The van der Waals surface area contributed by atoms with Gasteiger partial charge < -0.3 is 10.1 Å². The van der Waals surface area contributed by atoms with Crippen LogP contribution < -0.4 is 15.0 Å². The van der Waals surface area contributed by atoms with Crippen LogP contribution in [0.15, 0.2) is 66.2 Å². The van der Waals surface area contributed by atoms with Crippen molar-refractivity contribution in [2.24, 2.45) is 0 Å². The molecule has 0 aliphatic carbocycles. The number of hydrogen-bond acceptors (Lipinski definition) is 6. The zero-order valence-electron chi connectivity index (χ0n) is 18.1. The second kappa shape index (κ2) is 9.24. The minimum Gasteiger partial charge on any atom is -0.482 e. The third-order valence-corrected chi connectivity index (χ3v) is 6.45. The van der Waals surface area contributed by atoms with Crippen molar-refractivity contribution in [3.05, 3.63) is 76.8 Å². The van der Waals surface area contributed by atoms with Gasteiger partial charge in [-0.1, -0.05) is 17.7 Å². The summed E-state index contributed by atoms with van der Waals surface area (Å²) in [6.07, 6.45) is 1.73. The summed E-state index contributed by atoms with van der Waals surface area (Å²) in [6, 6.07) is 16.4. The fraction of sp³-hybridized carbons (Fsp3) is 0.120. The Morgan fingerprint density at radius 3 is 2.85 bits per heavy atom. The molecule has 1 N–H and O–H groups in total. The van der Waals surface area contributed by atoms with Crippen LogP contribution in [-0.4, -0.2) is 34.9 Å². The van der Waals surface area contributed by atoms with Crippen molar-refractivity contribution in [1.29, 1.82) is 0 Å². The molecule has 1 aliphatic rings. The van der Waals surface area contributed by atoms with Gasteiger partial charge in [-0.05, 0) is 61.0 Å². The Morgan fingerprint density at radius 2 is 2.06 bits per heavy atom. The zero-order valence-corrected chi connectivity index (χ0v) is 19.7. The molecule has 3 heterocycles. The molecule has 0 saturated carbocycles. The summed E-state index contributed by atoms with van der Waals surface area (Å²) < 4.78 is 5.60. The number of pyridine rings is 1. The number of nitrogens with one attached hydrogen (secondary N) is 1. The standard InChI is InChI=1S/C25H19ClN4O3S/c1-15-10-17(26)6-7-18(15)28-23(31)12-30-21-11-16(5-8-22(21)33-13-24(30)32)20-14-34-25(29-20)19-4-2-3-9-27-19/h2-11,14H,12-13H2,1H3,(H,28,31). The topological polar surface area (TPSA) is 84.4 Å². The molecule has 7 nitrogen and oxygen atoms in total. The largest absolute Gasteiger partial charge is 0.482 e. The number of carbonyl (C=O) groups excluding carboxylic acids is 2. The highest BCUT2D eigenvalue weighted by Gasteiger charge is 2.28. The number of aromatic nitrogens is 2. The van der Waals surface area contributed by atoms with Gasteiger partial charge in [-0.25, -0.2) is 4.98 Å². The van der Waals surface area contributed by atoms with Crippen molar-refractivity contribution >= 4 is 46.1 Å². The summed E-state index contributed by atoms with van der Waals surface area (Å²) >= 11 is 7.49. The van der Waals surface area contributed by atoms with Crippen molar-refractivity contribution in [1.82, 2.24) is 9.97 Å². The first kappa shape index (κ1) is 22.1. The van der Waals surface area contributed by atoms with E-state index in [9.17, 15) is 9.59 Å². The number of aryl methyl sites for hydroxylation is 1. The summed E-state index contributed by atoms with van der Waals surface area (Å²) in [5.41, 5.74) is 4.38. The maximum Gasteiger partial charge on any atom is 0.265 e. The van der Waals surface area contributed by atoms with Crippen LogP contribution in [0.1, 0.15) is 5.56 Å². The van der Waals surface area contributed by atoms with Gasteiger partial charge in [0.1, 0.15) is 17.3 Å². The summed E-state index contributed by atoms with van der Waals surface area (Å²) in [5, 5.41) is 6.19. The molecule has 0 bridgehead atoms. The van der Waals surface area contributed by atoms with E-state index in [1.165, 1.54) is 16.2 Å². The van der Waals surface area contributed by atoms with Gasteiger partial charge in [0.05, 0.1) is 17.1 Å².